The molecule has 1 fully saturated rings. The number of para-hydroxylation sites is 1. The summed E-state index contributed by atoms with van der Waals surface area (Å²) in [6.45, 7) is 0. The molecule has 0 aliphatic carbocycles. The second-order valence-electron chi connectivity index (χ2n) is 8.55. The van der Waals surface area contributed by atoms with E-state index in [1.165, 1.54) is 29.2 Å². The number of nitrogens with one attached hydrogen (secondary N) is 1. The van der Waals surface area contributed by atoms with Gasteiger partial charge in [0.25, 0.3) is 17.5 Å². The number of non-ortho nitro benzene ring substituents is 1. The van der Waals surface area contributed by atoms with Crippen LogP contribution in [0.25, 0.3) is 0 Å². The maximum atomic E-state index is 13.7. The molecule has 4 aromatic rings. The third kappa shape index (κ3) is 4.72. The molecule has 1 aliphatic rings. The van der Waals surface area contributed by atoms with E-state index in [4.69, 9.17) is 0 Å². The number of carbonyl (C=O) groups is 3. The summed E-state index contributed by atoms with van der Waals surface area (Å²) < 4.78 is 0. The maximum Gasteiger partial charge on any atom is 0.269 e. The second-order valence-corrected chi connectivity index (χ2v) is 8.55. The molecule has 1 saturated heterocycles. The van der Waals surface area contributed by atoms with Crippen molar-refractivity contribution in [3.8, 4) is 0 Å². The smallest absolute Gasteiger partial charge is 0.269 e. The molecule has 1 N–H and O–H groups in total. The number of amides is 2. The lowest BCUT2D eigenvalue weighted by atomic mass is 10.0. The summed E-state index contributed by atoms with van der Waals surface area (Å²) in [6.07, 6.45) is 0. The van der Waals surface area contributed by atoms with Crippen molar-refractivity contribution in [3.05, 3.63) is 142 Å². The van der Waals surface area contributed by atoms with Gasteiger partial charge in [0.15, 0.2) is 5.78 Å². The van der Waals surface area contributed by atoms with Crippen LogP contribution in [0.15, 0.2) is 109 Å². The molecule has 0 aromatic heterocycles. The first-order chi connectivity index (χ1) is 18.0. The van der Waals surface area contributed by atoms with E-state index in [1.807, 2.05) is 36.4 Å². The summed E-state index contributed by atoms with van der Waals surface area (Å²) in [5, 5.41) is 13.6. The van der Waals surface area contributed by atoms with Crippen molar-refractivity contribution in [3.63, 3.8) is 0 Å². The fourth-order valence-electron chi connectivity index (χ4n) is 4.37. The van der Waals surface area contributed by atoms with Gasteiger partial charge in [0.2, 0.25) is 0 Å². The zero-order valence-electron chi connectivity index (χ0n) is 19.5. The number of carbonyl (C=O) groups excluding carboxylic acids is 3. The van der Waals surface area contributed by atoms with E-state index in [-0.39, 0.29) is 34.2 Å². The molecule has 0 saturated carbocycles. The van der Waals surface area contributed by atoms with Gasteiger partial charge in [-0.05, 0) is 29.8 Å². The topological polar surface area (TPSA) is 109 Å². The molecule has 0 bridgehead atoms. The lowest BCUT2D eigenvalue weighted by molar-refractivity contribution is -0.384. The molecule has 0 unspecified atom stereocenters. The Morgan fingerprint density at radius 3 is 1.97 bits per heavy atom. The Hall–Kier alpha value is -5.11. The van der Waals surface area contributed by atoms with E-state index >= 15 is 0 Å². The zero-order valence-corrected chi connectivity index (χ0v) is 19.5. The molecule has 5 rings (SSSR count). The van der Waals surface area contributed by atoms with E-state index in [1.54, 1.807) is 48.5 Å². The number of ketones is 1. The van der Waals surface area contributed by atoms with Crippen molar-refractivity contribution >= 4 is 29.0 Å². The Kier molecular flexibility index (Phi) is 6.30. The monoisotopic (exact) mass is 491 g/mol. The van der Waals surface area contributed by atoms with E-state index in [0.717, 1.165) is 5.56 Å². The van der Waals surface area contributed by atoms with Crippen molar-refractivity contribution < 1.29 is 19.3 Å². The molecule has 4 aromatic carbocycles. The average molecular weight is 492 g/mol. The Bertz CT molecular complexity index is 1490. The van der Waals surface area contributed by atoms with Gasteiger partial charge in [-0.15, -0.1) is 0 Å². The molecular formula is C29H21N3O5. The molecule has 182 valence electrons. The fourth-order valence-corrected chi connectivity index (χ4v) is 4.37. The largest absolute Gasteiger partial charge is 0.321 e. The zero-order chi connectivity index (χ0) is 25.9. The maximum absolute atomic E-state index is 13.7. The van der Waals surface area contributed by atoms with E-state index < -0.39 is 22.9 Å². The molecule has 2 amide bonds. The van der Waals surface area contributed by atoms with Crippen LogP contribution in [0.1, 0.15) is 42.7 Å². The van der Waals surface area contributed by atoms with E-state index in [9.17, 15) is 24.5 Å². The van der Waals surface area contributed by atoms with Crippen LogP contribution < -0.4 is 5.32 Å². The predicted molar refractivity (Wildman–Crippen MR) is 137 cm³/mol. The second kappa shape index (κ2) is 9.87. The molecular weight excluding hydrogens is 470 g/mol. The van der Waals surface area contributed by atoms with Gasteiger partial charge in [0.1, 0.15) is 6.04 Å². The van der Waals surface area contributed by atoms with Gasteiger partial charge in [0, 0.05) is 23.3 Å². The quantitative estimate of drug-likeness (QED) is 0.163. The highest BCUT2D eigenvalue weighted by Crippen LogP contribution is 2.46. The van der Waals surface area contributed by atoms with Crippen LogP contribution in [-0.2, 0) is 0 Å². The van der Waals surface area contributed by atoms with Gasteiger partial charge in [-0.3, -0.25) is 24.5 Å². The molecule has 8 heteroatoms. The van der Waals surface area contributed by atoms with Crippen LogP contribution in [0, 0.1) is 10.1 Å². The summed E-state index contributed by atoms with van der Waals surface area (Å²) in [7, 11) is 0. The molecule has 0 radical (unpaired) electrons. The third-order valence-corrected chi connectivity index (χ3v) is 6.26. The standard InChI is InChI=1S/C29H21N3O5/c33-27(20-11-5-2-6-12-20)26-25(19-9-3-1-4-10-19)31(26)29(35)23-13-7-8-14-24(23)30-28(34)21-15-17-22(18-16-21)32(36)37/h1-18,25-26H,(H,30,34)/t25-,26-,31?/m1/s1. The molecule has 37 heavy (non-hydrogen) atoms. The average Bonchev–Trinajstić information content (AvgIpc) is 3.69. The predicted octanol–water partition coefficient (Wildman–Crippen LogP) is 5.30. The van der Waals surface area contributed by atoms with Gasteiger partial charge in [-0.2, -0.15) is 0 Å². The number of rotatable bonds is 7. The van der Waals surface area contributed by atoms with Crippen LogP contribution >= 0.6 is 0 Å². The Morgan fingerprint density at radius 2 is 1.32 bits per heavy atom. The number of nitro groups is 1. The number of nitro benzene ring substituents is 1. The van der Waals surface area contributed by atoms with Crippen LogP contribution in [-0.4, -0.2) is 33.5 Å². The molecule has 0 spiro atoms. The summed E-state index contributed by atoms with van der Waals surface area (Å²) in [4.78, 5) is 51.8. The highest BCUT2D eigenvalue weighted by Gasteiger charge is 2.56. The number of nitrogens with zero attached hydrogens (tertiary/aromatic N) is 2. The summed E-state index contributed by atoms with van der Waals surface area (Å²) >= 11 is 0. The van der Waals surface area contributed by atoms with Crippen molar-refractivity contribution in [1.29, 1.82) is 0 Å². The fraction of sp³-hybridized carbons (Fsp3) is 0.0690. The first-order valence-corrected chi connectivity index (χ1v) is 11.6. The van der Waals surface area contributed by atoms with E-state index in [2.05, 4.69) is 5.32 Å². The number of hydrogen-bond donors (Lipinski definition) is 1. The van der Waals surface area contributed by atoms with Crippen LogP contribution in [0.4, 0.5) is 11.4 Å². The van der Waals surface area contributed by atoms with Crippen LogP contribution in [0.3, 0.4) is 0 Å². The van der Waals surface area contributed by atoms with Crippen LogP contribution in [0.2, 0.25) is 0 Å². The first-order valence-electron chi connectivity index (χ1n) is 11.6. The molecule has 1 aliphatic heterocycles. The van der Waals surface area contributed by atoms with Crippen molar-refractivity contribution in [2.45, 2.75) is 12.1 Å². The summed E-state index contributed by atoms with van der Waals surface area (Å²) in [5.41, 5.74) is 1.96. The summed E-state index contributed by atoms with van der Waals surface area (Å²) in [6, 6.07) is 28.8. The van der Waals surface area contributed by atoms with Crippen molar-refractivity contribution in [2.24, 2.45) is 0 Å². The number of benzene rings is 4. The van der Waals surface area contributed by atoms with Gasteiger partial charge in [-0.25, -0.2) is 0 Å². The molecule has 8 nitrogen and oxygen atoms in total. The Labute approximate surface area is 212 Å². The Morgan fingerprint density at radius 1 is 0.730 bits per heavy atom. The lowest BCUT2D eigenvalue weighted by Crippen LogP contribution is -2.21. The van der Waals surface area contributed by atoms with Crippen molar-refractivity contribution in [1.82, 2.24) is 4.90 Å². The van der Waals surface area contributed by atoms with Crippen molar-refractivity contribution in [2.75, 3.05) is 5.32 Å². The Balaban J connectivity index is 1.43. The van der Waals surface area contributed by atoms with Gasteiger partial charge >= 0.3 is 0 Å². The SMILES string of the molecule is O=C(Nc1ccccc1C(=O)N1[C@H](c2ccccc2)[C@@H]1C(=O)c1ccccc1)c1ccc([N+](=O)[O-])cc1. The highest BCUT2D eigenvalue weighted by molar-refractivity contribution is 6.12. The minimum Gasteiger partial charge on any atom is -0.321 e. The van der Waals surface area contributed by atoms with Gasteiger partial charge in [-0.1, -0.05) is 72.8 Å². The summed E-state index contributed by atoms with van der Waals surface area (Å²) in [5.74, 6) is -1.06. The molecule has 1 heterocycles. The number of Topliss-reactive ketones (excluding diaryl/α,β-unsaturated/α-hetero) is 1. The third-order valence-electron chi connectivity index (χ3n) is 6.26. The minimum atomic E-state index is -0.671. The minimum absolute atomic E-state index is 0.130. The van der Waals surface area contributed by atoms with Gasteiger partial charge < -0.3 is 10.2 Å². The highest BCUT2D eigenvalue weighted by atomic mass is 16.6. The van der Waals surface area contributed by atoms with E-state index in [0.29, 0.717) is 5.56 Å². The molecule has 2 atom stereocenters. The lowest BCUT2D eigenvalue weighted by Gasteiger charge is -2.12. The van der Waals surface area contributed by atoms with Crippen LogP contribution in [0.5, 0.6) is 0 Å². The van der Waals surface area contributed by atoms with Gasteiger partial charge in [0.05, 0.1) is 22.2 Å². The number of anilines is 1. The number of hydrogen-bond acceptors (Lipinski definition) is 5. The first kappa shape index (κ1) is 23.6. The normalized spacial score (nSPS) is 16.1.